The van der Waals surface area contributed by atoms with Gasteiger partial charge in [0.2, 0.25) is 5.91 Å². The predicted octanol–water partition coefficient (Wildman–Crippen LogP) is 5.76. The van der Waals surface area contributed by atoms with Crippen LogP contribution in [0.3, 0.4) is 0 Å². The van der Waals surface area contributed by atoms with Gasteiger partial charge >= 0.3 is 0 Å². The number of halogens is 2. The van der Waals surface area contributed by atoms with Crippen molar-refractivity contribution in [2.45, 2.75) is 33.0 Å². The van der Waals surface area contributed by atoms with E-state index in [1.807, 2.05) is 43.1 Å². The summed E-state index contributed by atoms with van der Waals surface area (Å²) >= 11 is 1.43. The Morgan fingerprint density at radius 1 is 1.21 bits per heavy atom. The predicted molar refractivity (Wildman–Crippen MR) is 161 cm³/mol. The van der Waals surface area contributed by atoms with E-state index in [0.717, 1.165) is 33.1 Å². The molecule has 0 fully saturated rings. The molecule has 4 aromatic heterocycles. The molecule has 1 aromatic carbocycles. The van der Waals surface area contributed by atoms with Crippen molar-refractivity contribution in [1.29, 1.82) is 0 Å². The van der Waals surface area contributed by atoms with Crippen LogP contribution >= 0.6 is 11.3 Å². The maximum absolute atomic E-state index is 15.9. The molecule has 12 heteroatoms. The third kappa shape index (κ3) is 5.00. The molecular formula is C31H30F2N6O3S. The zero-order valence-electron chi connectivity index (χ0n) is 24.2. The summed E-state index contributed by atoms with van der Waals surface area (Å²) < 4.78 is 45.8. The van der Waals surface area contributed by atoms with Gasteiger partial charge in [0, 0.05) is 59.2 Å². The molecule has 0 unspecified atom stereocenters. The number of thiophene rings is 1. The number of hydrogen-bond acceptors (Lipinski definition) is 7. The number of carbonyl (C=O) groups is 1. The Kier molecular flexibility index (Phi) is 7.57. The molecule has 1 atom stereocenters. The van der Waals surface area contributed by atoms with E-state index in [-0.39, 0.29) is 36.5 Å². The summed E-state index contributed by atoms with van der Waals surface area (Å²) in [5.41, 5.74) is 4.65. The molecule has 0 bridgehead atoms. The molecule has 222 valence electrons. The third-order valence-electron chi connectivity index (χ3n) is 7.78. The zero-order chi connectivity index (χ0) is 30.4. The Morgan fingerprint density at radius 3 is 2.74 bits per heavy atom. The van der Waals surface area contributed by atoms with Crippen LogP contribution in [0.1, 0.15) is 18.3 Å². The minimum Gasteiger partial charge on any atom is -0.490 e. The van der Waals surface area contributed by atoms with Crippen molar-refractivity contribution >= 4 is 27.3 Å². The van der Waals surface area contributed by atoms with E-state index in [2.05, 4.69) is 11.7 Å². The molecule has 9 nitrogen and oxygen atoms in total. The minimum atomic E-state index is -0.782. The molecule has 1 amide bonds. The van der Waals surface area contributed by atoms with Crippen LogP contribution in [0.5, 0.6) is 5.75 Å². The number of carbonyl (C=O) groups excluding carboxylic acids is 1. The van der Waals surface area contributed by atoms with Gasteiger partial charge in [0.05, 0.1) is 42.8 Å². The summed E-state index contributed by atoms with van der Waals surface area (Å²) in [6.45, 7) is 8.68. The van der Waals surface area contributed by atoms with Gasteiger partial charge in [0.15, 0.2) is 0 Å². The van der Waals surface area contributed by atoms with Crippen molar-refractivity contribution in [3.8, 4) is 39.5 Å². The number of methoxy groups -OCH3 is 1. The Labute approximate surface area is 251 Å². The van der Waals surface area contributed by atoms with Crippen LogP contribution in [0, 0.1) is 18.6 Å². The molecule has 0 saturated carbocycles. The average molecular weight is 605 g/mol. The highest BCUT2D eigenvalue weighted by Gasteiger charge is 2.31. The highest BCUT2D eigenvalue weighted by molar-refractivity contribution is 7.18. The second-order valence-electron chi connectivity index (χ2n) is 10.4. The number of nitrogens with zero attached hydrogens (tertiary/aromatic N) is 6. The minimum absolute atomic E-state index is 0.0398. The topological polar surface area (TPSA) is 87.3 Å². The normalized spacial score (nSPS) is 14.7. The number of ether oxygens (including phenoxy) is 2. The van der Waals surface area contributed by atoms with Gasteiger partial charge in [-0.15, -0.1) is 11.3 Å². The molecule has 1 aliphatic rings. The van der Waals surface area contributed by atoms with Crippen molar-refractivity contribution in [1.82, 2.24) is 29.4 Å². The number of pyridine rings is 1. The standard InChI is InChI=1S/C31H30F2N6O3S/c1-6-26(40)38-16-20-13-24(36-39(20)15-17(38)2)30-28(27-23(33)11-19(32)12-25(27)42-9-8-41-5)31-21(7-10-43-31)29(35-30)22-14-34-37(4)18(22)3/h6-7,10-14,17H,1,8-9,15-16H2,2-5H3/t17-/m1/s1. The highest BCUT2D eigenvalue weighted by Crippen LogP contribution is 2.47. The van der Waals surface area contributed by atoms with E-state index >= 15 is 4.39 Å². The van der Waals surface area contributed by atoms with E-state index in [9.17, 15) is 9.18 Å². The van der Waals surface area contributed by atoms with E-state index < -0.39 is 11.6 Å². The summed E-state index contributed by atoms with van der Waals surface area (Å²) in [4.78, 5) is 19.4. The maximum atomic E-state index is 15.9. The quantitative estimate of drug-likeness (QED) is 0.166. The molecule has 0 aliphatic carbocycles. The average Bonchev–Trinajstić information content (AvgIpc) is 3.71. The van der Waals surface area contributed by atoms with Crippen LogP contribution in [0.15, 0.2) is 48.5 Å². The van der Waals surface area contributed by atoms with E-state index in [1.54, 1.807) is 15.8 Å². The van der Waals surface area contributed by atoms with Gasteiger partial charge in [-0.25, -0.2) is 13.8 Å². The summed E-state index contributed by atoms with van der Waals surface area (Å²) in [6, 6.07) is 5.72. The Morgan fingerprint density at radius 2 is 2.02 bits per heavy atom. The van der Waals surface area contributed by atoms with Gasteiger partial charge in [-0.2, -0.15) is 10.2 Å². The lowest BCUT2D eigenvalue weighted by Crippen LogP contribution is -2.44. The Balaban J connectivity index is 1.63. The molecule has 0 radical (unpaired) electrons. The zero-order valence-corrected chi connectivity index (χ0v) is 25.0. The van der Waals surface area contributed by atoms with Crippen LogP contribution in [0.2, 0.25) is 0 Å². The van der Waals surface area contributed by atoms with Crippen molar-refractivity contribution in [2.24, 2.45) is 7.05 Å². The Bertz CT molecular complexity index is 1880. The van der Waals surface area contributed by atoms with Crippen molar-refractivity contribution in [3.05, 3.63) is 71.5 Å². The Hall–Kier alpha value is -4.42. The second-order valence-corrected chi connectivity index (χ2v) is 11.4. The van der Waals surface area contributed by atoms with Crippen LogP contribution in [0.25, 0.3) is 43.9 Å². The summed E-state index contributed by atoms with van der Waals surface area (Å²) in [5.74, 6) is -1.67. The first-order valence-electron chi connectivity index (χ1n) is 13.7. The number of fused-ring (bicyclic) bond motifs is 2. The van der Waals surface area contributed by atoms with Gasteiger partial charge in [-0.1, -0.05) is 6.58 Å². The van der Waals surface area contributed by atoms with Crippen molar-refractivity contribution in [3.63, 3.8) is 0 Å². The molecule has 5 aromatic rings. The van der Waals surface area contributed by atoms with Gasteiger partial charge in [0.25, 0.3) is 0 Å². The number of rotatable bonds is 8. The number of benzene rings is 1. The number of aryl methyl sites for hydroxylation is 1. The largest absolute Gasteiger partial charge is 0.490 e. The molecule has 1 aliphatic heterocycles. The molecule has 6 rings (SSSR count). The summed E-state index contributed by atoms with van der Waals surface area (Å²) in [5, 5.41) is 12.0. The second kappa shape index (κ2) is 11.3. The van der Waals surface area contributed by atoms with Crippen LogP contribution < -0.4 is 4.74 Å². The van der Waals surface area contributed by atoms with Crippen molar-refractivity contribution < 1.29 is 23.0 Å². The third-order valence-corrected chi connectivity index (χ3v) is 8.71. The lowest BCUT2D eigenvalue weighted by atomic mass is 9.96. The summed E-state index contributed by atoms with van der Waals surface area (Å²) in [6.07, 6.45) is 3.06. The van der Waals surface area contributed by atoms with Crippen molar-refractivity contribution in [2.75, 3.05) is 20.3 Å². The summed E-state index contributed by atoms with van der Waals surface area (Å²) in [7, 11) is 3.38. The van der Waals surface area contributed by atoms with Gasteiger partial charge in [-0.05, 0) is 37.4 Å². The molecule has 0 saturated heterocycles. The lowest BCUT2D eigenvalue weighted by Gasteiger charge is -2.33. The SMILES string of the molecule is C=CC(=O)N1Cc2cc(-c3nc(-c4cnn(C)c4C)c4ccsc4c3-c3c(F)cc(F)cc3OCCOC)nn2C[C@H]1C. The number of aromatic nitrogens is 5. The van der Waals surface area contributed by atoms with Crippen LogP contribution in [-0.2, 0) is 29.7 Å². The number of amides is 1. The molecule has 0 spiro atoms. The number of hydrogen-bond donors (Lipinski definition) is 0. The van der Waals surface area contributed by atoms with E-state index in [1.165, 1.54) is 30.6 Å². The monoisotopic (exact) mass is 604 g/mol. The fraction of sp³-hybridized carbons (Fsp3) is 0.290. The molecule has 43 heavy (non-hydrogen) atoms. The van der Waals surface area contributed by atoms with Gasteiger partial charge < -0.3 is 14.4 Å². The molecule has 5 heterocycles. The maximum Gasteiger partial charge on any atom is 0.246 e. The van der Waals surface area contributed by atoms with Crippen LogP contribution in [-0.4, -0.2) is 61.7 Å². The van der Waals surface area contributed by atoms with E-state index in [4.69, 9.17) is 19.6 Å². The first-order chi connectivity index (χ1) is 20.7. The smallest absolute Gasteiger partial charge is 0.246 e. The first-order valence-corrected chi connectivity index (χ1v) is 14.6. The van der Waals surface area contributed by atoms with Gasteiger partial charge in [-0.3, -0.25) is 14.2 Å². The van der Waals surface area contributed by atoms with Gasteiger partial charge in [0.1, 0.15) is 35.4 Å². The molecule has 0 N–H and O–H groups in total. The fourth-order valence-electron chi connectivity index (χ4n) is 5.47. The van der Waals surface area contributed by atoms with Crippen LogP contribution in [0.4, 0.5) is 8.78 Å². The highest BCUT2D eigenvalue weighted by atomic mass is 32.1. The lowest BCUT2D eigenvalue weighted by molar-refractivity contribution is -0.129. The fourth-order valence-corrected chi connectivity index (χ4v) is 6.42. The molecular weight excluding hydrogens is 574 g/mol. The first kappa shape index (κ1) is 28.7. The van der Waals surface area contributed by atoms with E-state index in [0.29, 0.717) is 35.7 Å².